The van der Waals surface area contributed by atoms with E-state index in [0.29, 0.717) is 6.42 Å². The first-order valence-corrected chi connectivity index (χ1v) is 5.78. The summed E-state index contributed by atoms with van der Waals surface area (Å²) < 4.78 is 65.1. The van der Waals surface area contributed by atoms with E-state index >= 15 is 0 Å². The van der Waals surface area contributed by atoms with Crippen molar-refractivity contribution < 1.29 is 31.9 Å². The molecule has 3 nitrogen and oxygen atoms in total. The first-order valence-electron chi connectivity index (χ1n) is 5.78. The van der Waals surface area contributed by atoms with Crippen molar-refractivity contribution in [3.05, 3.63) is 34.6 Å². The van der Waals surface area contributed by atoms with Crippen LogP contribution >= 0.6 is 0 Å². The lowest BCUT2D eigenvalue weighted by molar-refractivity contribution is 0.0930. The van der Waals surface area contributed by atoms with Crippen molar-refractivity contribution in [2.45, 2.75) is 25.9 Å². The van der Waals surface area contributed by atoms with Crippen LogP contribution in [0.3, 0.4) is 0 Å². The minimum atomic E-state index is -2.32. The predicted molar refractivity (Wildman–Crippen MR) is 59.5 cm³/mol. The second-order valence-corrected chi connectivity index (χ2v) is 4.05. The number of benzene rings is 1. The maximum Gasteiger partial charge on any atom is 0.257 e. The van der Waals surface area contributed by atoms with E-state index in [9.17, 15) is 31.9 Å². The van der Waals surface area contributed by atoms with E-state index < -0.39 is 46.7 Å². The lowest BCUT2D eigenvalue weighted by Crippen LogP contribution is -2.29. The van der Waals surface area contributed by atoms with Gasteiger partial charge in [-0.25, -0.2) is 22.0 Å². The van der Waals surface area contributed by atoms with E-state index in [-0.39, 0.29) is 13.0 Å². The topological polar surface area (TPSA) is 49.3 Å². The summed E-state index contributed by atoms with van der Waals surface area (Å²) in [7, 11) is 0. The zero-order valence-corrected chi connectivity index (χ0v) is 10.4. The van der Waals surface area contributed by atoms with Crippen LogP contribution in [0.5, 0.6) is 0 Å². The van der Waals surface area contributed by atoms with Crippen LogP contribution in [0.15, 0.2) is 0 Å². The summed E-state index contributed by atoms with van der Waals surface area (Å²) in [5.41, 5.74) is -1.53. The Bertz CT molecular complexity index is 492. The van der Waals surface area contributed by atoms with Crippen LogP contribution in [0.4, 0.5) is 22.0 Å². The number of carbonyl (C=O) groups excluding carboxylic acids is 1. The van der Waals surface area contributed by atoms with Gasteiger partial charge >= 0.3 is 0 Å². The van der Waals surface area contributed by atoms with Gasteiger partial charge in [0.05, 0.1) is 6.10 Å². The molecule has 1 amide bonds. The van der Waals surface area contributed by atoms with Crippen molar-refractivity contribution in [2.24, 2.45) is 0 Å². The van der Waals surface area contributed by atoms with Crippen molar-refractivity contribution in [3.8, 4) is 0 Å². The molecule has 1 atom stereocenters. The summed E-state index contributed by atoms with van der Waals surface area (Å²) >= 11 is 0. The quantitative estimate of drug-likeness (QED) is 0.497. The van der Waals surface area contributed by atoms with E-state index in [1.165, 1.54) is 0 Å². The van der Waals surface area contributed by atoms with Gasteiger partial charge in [0, 0.05) is 6.54 Å². The Kier molecular flexibility index (Phi) is 5.43. The molecule has 1 aromatic rings. The van der Waals surface area contributed by atoms with Crippen LogP contribution in [0.1, 0.15) is 30.1 Å². The van der Waals surface area contributed by atoms with E-state index in [0.717, 1.165) is 0 Å². The van der Waals surface area contributed by atoms with Gasteiger partial charge < -0.3 is 10.4 Å². The van der Waals surface area contributed by atoms with Crippen LogP contribution in [-0.2, 0) is 0 Å². The molecule has 2 N–H and O–H groups in total. The Morgan fingerprint density at radius 1 is 1.05 bits per heavy atom. The van der Waals surface area contributed by atoms with Gasteiger partial charge in [0.1, 0.15) is 5.56 Å². The molecule has 0 aliphatic rings. The summed E-state index contributed by atoms with van der Waals surface area (Å²) in [5.74, 6) is -12.5. The van der Waals surface area contributed by atoms with Crippen molar-refractivity contribution in [1.82, 2.24) is 5.32 Å². The Morgan fingerprint density at radius 2 is 1.50 bits per heavy atom. The molecule has 20 heavy (non-hydrogen) atoms. The number of halogens is 5. The summed E-state index contributed by atoms with van der Waals surface area (Å²) in [4.78, 5) is 11.4. The van der Waals surface area contributed by atoms with Crippen LogP contribution in [0.2, 0.25) is 0 Å². The number of hydrogen-bond donors (Lipinski definition) is 2. The van der Waals surface area contributed by atoms with Crippen LogP contribution in [0, 0.1) is 29.1 Å². The highest BCUT2D eigenvalue weighted by Crippen LogP contribution is 2.22. The zero-order valence-electron chi connectivity index (χ0n) is 10.4. The molecule has 0 saturated carbocycles. The molecule has 0 aliphatic heterocycles. The standard InChI is InChI=1S/C12H12F5NO2/c1-2-5(19)3-4-18-12(20)6-7(13)9(15)11(17)10(16)8(6)14/h5,19H,2-4H2,1H3,(H,18,20). The molecule has 112 valence electrons. The molecule has 0 aromatic heterocycles. The predicted octanol–water partition coefficient (Wildman–Crippen LogP) is 2.27. The van der Waals surface area contributed by atoms with Crippen molar-refractivity contribution in [2.75, 3.05) is 6.54 Å². The largest absolute Gasteiger partial charge is 0.393 e. The minimum Gasteiger partial charge on any atom is -0.393 e. The van der Waals surface area contributed by atoms with Gasteiger partial charge in [-0.3, -0.25) is 4.79 Å². The highest BCUT2D eigenvalue weighted by molar-refractivity contribution is 5.94. The lowest BCUT2D eigenvalue weighted by atomic mass is 10.1. The average molecular weight is 297 g/mol. The Labute approximate surface area is 111 Å². The third kappa shape index (κ3) is 3.24. The SMILES string of the molecule is CCC(O)CCNC(=O)c1c(F)c(F)c(F)c(F)c1F. The average Bonchev–Trinajstić information content (AvgIpc) is 2.43. The third-order valence-electron chi connectivity index (χ3n) is 2.67. The number of amides is 1. The van der Waals surface area contributed by atoms with Gasteiger partial charge in [-0.15, -0.1) is 0 Å². The first kappa shape index (κ1) is 16.4. The van der Waals surface area contributed by atoms with E-state index in [1.807, 2.05) is 5.32 Å². The Morgan fingerprint density at radius 3 is 1.95 bits per heavy atom. The van der Waals surface area contributed by atoms with Gasteiger partial charge in [-0.2, -0.15) is 0 Å². The van der Waals surface area contributed by atoms with Gasteiger partial charge in [-0.05, 0) is 12.8 Å². The maximum atomic E-state index is 13.3. The fourth-order valence-electron chi connectivity index (χ4n) is 1.45. The molecule has 0 saturated heterocycles. The minimum absolute atomic E-state index is 0.0949. The monoisotopic (exact) mass is 297 g/mol. The van der Waals surface area contributed by atoms with Crippen LogP contribution in [0.25, 0.3) is 0 Å². The highest BCUT2D eigenvalue weighted by Gasteiger charge is 2.29. The molecule has 0 bridgehead atoms. The number of hydrogen-bond acceptors (Lipinski definition) is 2. The van der Waals surface area contributed by atoms with Crippen LogP contribution in [-0.4, -0.2) is 23.7 Å². The molecule has 0 heterocycles. The molecule has 8 heteroatoms. The molecule has 1 rings (SSSR count). The molecule has 0 radical (unpaired) electrons. The van der Waals surface area contributed by atoms with Gasteiger partial charge in [0.25, 0.3) is 5.91 Å². The number of aliphatic hydroxyl groups excluding tert-OH is 1. The number of rotatable bonds is 5. The first-order chi connectivity index (χ1) is 9.31. The number of aliphatic hydroxyl groups is 1. The van der Waals surface area contributed by atoms with Crippen molar-refractivity contribution >= 4 is 5.91 Å². The molecular formula is C12H12F5NO2. The fourth-order valence-corrected chi connectivity index (χ4v) is 1.45. The maximum absolute atomic E-state index is 13.3. The van der Waals surface area contributed by atoms with Gasteiger partial charge in [-0.1, -0.05) is 6.92 Å². The molecular weight excluding hydrogens is 285 g/mol. The summed E-state index contributed by atoms with van der Waals surface area (Å²) in [5, 5.41) is 11.2. The summed E-state index contributed by atoms with van der Waals surface area (Å²) in [6, 6.07) is 0. The Balaban J connectivity index is 2.94. The summed E-state index contributed by atoms with van der Waals surface area (Å²) in [6.07, 6.45) is -0.234. The fraction of sp³-hybridized carbons (Fsp3) is 0.417. The van der Waals surface area contributed by atoms with Gasteiger partial charge in [0.2, 0.25) is 5.82 Å². The van der Waals surface area contributed by atoms with Gasteiger partial charge in [0.15, 0.2) is 23.3 Å². The normalized spacial score (nSPS) is 12.3. The van der Waals surface area contributed by atoms with E-state index in [4.69, 9.17) is 0 Å². The second kappa shape index (κ2) is 6.65. The second-order valence-electron chi connectivity index (χ2n) is 4.05. The van der Waals surface area contributed by atoms with Crippen molar-refractivity contribution in [1.29, 1.82) is 0 Å². The molecule has 1 aromatic carbocycles. The number of nitrogens with one attached hydrogen (secondary N) is 1. The molecule has 0 fully saturated rings. The molecule has 0 spiro atoms. The lowest BCUT2D eigenvalue weighted by Gasteiger charge is -2.10. The third-order valence-corrected chi connectivity index (χ3v) is 2.67. The molecule has 0 aliphatic carbocycles. The highest BCUT2D eigenvalue weighted by atomic mass is 19.2. The van der Waals surface area contributed by atoms with E-state index in [1.54, 1.807) is 6.92 Å². The van der Waals surface area contributed by atoms with Crippen LogP contribution < -0.4 is 5.32 Å². The number of carbonyl (C=O) groups is 1. The van der Waals surface area contributed by atoms with E-state index in [2.05, 4.69) is 0 Å². The zero-order chi connectivity index (χ0) is 15.4. The molecule has 1 unspecified atom stereocenters. The summed E-state index contributed by atoms with van der Waals surface area (Å²) in [6.45, 7) is 1.52. The van der Waals surface area contributed by atoms with Crippen molar-refractivity contribution in [3.63, 3.8) is 0 Å². The Hall–Kier alpha value is -1.70. The smallest absolute Gasteiger partial charge is 0.257 e.